The Labute approximate surface area is 589 Å². The van der Waals surface area contributed by atoms with Crippen LogP contribution in [-0.4, -0.2) is 151 Å². The molecule has 23 nitrogen and oxygen atoms in total. The summed E-state index contributed by atoms with van der Waals surface area (Å²) in [5, 5.41) is 26.8. The van der Waals surface area contributed by atoms with Gasteiger partial charge in [-0.25, -0.2) is 17.9 Å². The summed E-state index contributed by atoms with van der Waals surface area (Å²) in [6.45, 7) is 6.80. The number of methoxy groups -OCH3 is 1. The van der Waals surface area contributed by atoms with Crippen molar-refractivity contribution < 1.29 is 66.1 Å². The van der Waals surface area contributed by atoms with Gasteiger partial charge in [0.2, 0.25) is 57.3 Å². The number of aryl methyl sites for hydroxylation is 1. The first kappa shape index (κ1) is 78.0. The van der Waals surface area contributed by atoms with Gasteiger partial charge in [0.05, 0.1) is 31.1 Å². The minimum absolute atomic E-state index is 0.0286. The fourth-order valence-corrected chi connectivity index (χ4v) is 15.5. The second-order valence-electron chi connectivity index (χ2n) is 25.5. The first-order valence-electron chi connectivity index (χ1n) is 33.7. The number of nitrogens with two attached hydrogens (primary N) is 1. The number of sulfonamides is 1. The van der Waals surface area contributed by atoms with E-state index in [0.29, 0.717) is 35.7 Å². The molecule has 2 aliphatic rings. The van der Waals surface area contributed by atoms with Crippen molar-refractivity contribution in [2.75, 3.05) is 26.0 Å². The van der Waals surface area contributed by atoms with Gasteiger partial charge in [-0.2, -0.15) is 11.8 Å². The number of thioether (sulfide) groups is 2. The number of benzene rings is 5. The number of amides is 8. The molecule has 1 saturated heterocycles. The largest absolute Gasteiger partial charge is 0.497 e. The number of carboxylic acid groups (broad SMARTS) is 1. The molecule has 5 aromatic rings. The number of likely N-dealkylation sites (tertiary alicyclic amines) is 1. The Balaban J connectivity index is 1.10. The van der Waals surface area contributed by atoms with E-state index in [9.17, 15) is 47.1 Å². The van der Waals surface area contributed by atoms with E-state index in [4.69, 9.17) is 15.2 Å². The van der Waals surface area contributed by atoms with Crippen molar-refractivity contribution in [1.29, 1.82) is 0 Å². The monoisotopic (exact) mass is 1420 g/mol. The Morgan fingerprint density at radius 1 is 0.657 bits per heavy atom. The summed E-state index contributed by atoms with van der Waals surface area (Å²) >= 11 is 3.03. The molecule has 0 radical (unpaired) electrons. The lowest BCUT2D eigenvalue weighted by Gasteiger charge is -2.37. The third-order valence-corrected chi connectivity index (χ3v) is 22.1. The van der Waals surface area contributed by atoms with Crippen LogP contribution in [0.2, 0.25) is 0 Å². The number of carbonyl (C=O) groups is 9. The van der Waals surface area contributed by atoms with E-state index in [1.54, 1.807) is 79.3 Å². The highest BCUT2D eigenvalue weighted by atomic mass is 32.2. The number of nitrogens with zero attached hydrogens (tertiary/aromatic N) is 1. The van der Waals surface area contributed by atoms with E-state index in [0.717, 1.165) is 54.4 Å². The van der Waals surface area contributed by atoms with Gasteiger partial charge < -0.3 is 57.1 Å². The molecule has 1 aliphatic heterocycles. The SMILES string of the molecule is CC[C@H](C)[C@H](NC(=O)[C@H](Cc1ccc(OC)cc1)NC(=O)CC1(SCc2ccccc2)CCCCC1)C(=O)N[C@H](C(=O)N[C@@H](CC(N)=O)C(=O)N[C@H](CSCc1ccccc1)C(=O)N1CCC[C@H]1C(=O)N[C@@H](CCCNS(=O)(=O)c1ccc(C)cc1)C(=O)O)[C@@H](C)OCc1ccccc1. The summed E-state index contributed by atoms with van der Waals surface area (Å²) in [4.78, 5) is 130. The Morgan fingerprint density at radius 2 is 1.24 bits per heavy atom. The van der Waals surface area contributed by atoms with Crippen molar-refractivity contribution in [2.24, 2.45) is 11.7 Å². The molecule has 5 aromatic carbocycles. The lowest BCUT2D eigenvalue weighted by Crippen LogP contribution is -2.63. The van der Waals surface area contributed by atoms with Crippen LogP contribution in [0.1, 0.15) is 126 Å². The van der Waals surface area contributed by atoms with Crippen LogP contribution >= 0.6 is 23.5 Å². The smallest absolute Gasteiger partial charge is 0.326 e. The molecule has 0 unspecified atom stereocenters. The molecule has 99 heavy (non-hydrogen) atoms. The normalized spacial score (nSPS) is 16.8. The van der Waals surface area contributed by atoms with Gasteiger partial charge in [-0.15, -0.1) is 11.8 Å². The van der Waals surface area contributed by atoms with Crippen molar-refractivity contribution >= 4 is 86.8 Å². The first-order chi connectivity index (χ1) is 47.5. The van der Waals surface area contributed by atoms with E-state index in [1.165, 1.54) is 42.8 Å². The fraction of sp³-hybridized carbons (Fsp3) is 0.466. The molecule has 1 heterocycles. The first-order valence-corrected chi connectivity index (χ1v) is 37.4. The molecule has 26 heteroatoms. The van der Waals surface area contributed by atoms with Crippen LogP contribution in [0.15, 0.2) is 144 Å². The second kappa shape index (κ2) is 38.9. The number of nitrogens with one attached hydrogen (secondary N) is 7. The van der Waals surface area contributed by atoms with E-state index in [-0.39, 0.29) is 73.1 Å². The third kappa shape index (κ3) is 24.5. The fourth-order valence-electron chi connectivity index (χ4n) is 11.9. The third-order valence-electron chi connectivity index (χ3n) is 17.9. The zero-order valence-corrected chi connectivity index (χ0v) is 59.4. The second-order valence-corrected chi connectivity index (χ2v) is 29.7. The number of hydrogen-bond acceptors (Lipinski definition) is 15. The predicted octanol–water partition coefficient (Wildman–Crippen LogP) is 6.78. The summed E-state index contributed by atoms with van der Waals surface area (Å²) in [6.07, 6.45) is 3.59. The molecule has 0 aromatic heterocycles. The number of rotatable bonds is 39. The van der Waals surface area contributed by atoms with Crippen LogP contribution < -0.4 is 47.1 Å². The molecule has 0 bridgehead atoms. The van der Waals surface area contributed by atoms with Gasteiger partial charge in [0.25, 0.3) is 0 Å². The topological polar surface area (TPSA) is 340 Å². The van der Waals surface area contributed by atoms with Gasteiger partial charge in [0, 0.05) is 47.9 Å². The van der Waals surface area contributed by atoms with Crippen molar-refractivity contribution in [1.82, 2.24) is 41.5 Å². The Hall–Kier alpha value is -8.30. The maximum Gasteiger partial charge on any atom is 0.326 e. The van der Waals surface area contributed by atoms with Crippen LogP contribution in [0.3, 0.4) is 0 Å². The van der Waals surface area contributed by atoms with Gasteiger partial charge in [0.15, 0.2) is 0 Å². The summed E-state index contributed by atoms with van der Waals surface area (Å²) in [6, 6.07) is 31.7. The minimum atomic E-state index is -3.91. The molecular formula is C73H95N9O14S3. The Bertz CT molecular complexity index is 3590. The van der Waals surface area contributed by atoms with Gasteiger partial charge in [-0.3, -0.25) is 38.4 Å². The number of aliphatic carboxylic acids is 1. The standard InChI is InChI=1S/C73H95N9O14S3/c1-6-49(3)64(80-67(86)58(41-51-31-33-55(95-5)34-32-51)76-63(84)43-73(37-17-10-18-38-73)98-46-54-25-15-9-16-26-54)69(88)81-65(50(4)96-44-52-21-11-7-12-22-52)70(89)78-59(42-62(74)83)66(85)79-60(47-97-45-53-23-13-8-14-24-53)71(90)82-40-20-28-61(82)68(87)77-57(72(91)92)27-19-39-75-99(93,94)56-35-29-48(2)30-36-56/h7-9,11-16,21-26,29-36,49-50,57-61,64-65,75H,6,10,17-20,27-28,37-47H2,1-5H3,(H2,74,83)(H,76,84)(H,77,87)(H,78,89)(H,79,85)(H,80,86)(H,81,88)(H,91,92)/t49-,50+,57-,58-,59-,60+,61-,64-,65-/m0/s1. The summed E-state index contributed by atoms with van der Waals surface area (Å²) < 4.78 is 39.6. The molecule has 1 aliphatic carbocycles. The highest BCUT2D eigenvalue weighted by molar-refractivity contribution is 8.00. The van der Waals surface area contributed by atoms with Gasteiger partial charge in [0.1, 0.15) is 48.0 Å². The van der Waals surface area contributed by atoms with E-state index < -0.39 is 118 Å². The summed E-state index contributed by atoms with van der Waals surface area (Å²) in [7, 11) is -2.37. The zero-order chi connectivity index (χ0) is 71.5. The van der Waals surface area contributed by atoms with Gasteiger partial charge in [-0.1, -0.05) is 160 Å². The number of primary amides is 1. The number of carboxylic acids is 1. The maximum atomic E-state index is 15.1. The average molecular weight is 1420 g/mol. The van der Waals surface area contributed by atoms with E-state index in [2.05, 4.69) is 48.8 Å². The zero-order valence-electron chi connectivity index (χ0n) is 56.9. The predicted molar refractivity (Wildman–Crippen MR) is 381 cm³/mol. The highest BCUT2D eigenvalue weighted by Gasteiger charge is 2.42. The van der Waals surface area contributed by atoms with Crippen LogP contribution in [0.25, 0.3) is 0 Å². The van der Waals surface area contributed by atoms with Crippen molar-refractivity contribution in [2.45, 2.75) is 187 Å². The van der Waals surface area contributed by atoms with E-state index in [1.807, 2.05) is 68.4 Å². The van der Waals surface area contributed by atoms with Crippen LogP contribution in [0.4, 0.5) is 0 Å². The van der Waals surface area contributed by atoms with Gasteiger partial charge >= 0.3 is 5.97 Å². The number of carbonyl (C=O) groups excluding carboxylic acids is 8. The van der Waals surface area contributed by atoms with Crippen molar-refractivity contribution in [3.05, 3.63) is 167 Å². The van der Waals surface area contributed by atoms with Crippen molar-refractivity contribution in [3.8, 4) is 5.75 Å². The molecule has 2 fully saturated rings. The minimum Gasteiger partial charge on any atom is -0.497 e. The summed E-state index contributed by atoms with van der Waals surface area (Å²) in [5.74, 6) is -6.69. The number of ether oxygens (including phenoxy) is 2. The molecule has 9 atom stereocenters. The Kier molecular flexibility index (Phi) is 30.7. The van der Waals surface area contributed by atoms with Crippen LogP contribution in [0, 0.1) is 12.8 Å². The van der Waals surface area contributed by atoms with Gasteiger partial charge in [-0.05, 0) is 105 Å². The van der Waals surface area contributed by atoms with E-state index >= 15 is 9.59 Å². The molecule has 1 saturated carbocycles. The molecule has 10 N–H and O–H groups in total. The highest BCUT2D eigenvalue weighted by Crippen LogP contribution is 2.44. The lowest BCUT2D eigenvalue weighted by atomic mass is 9.85. The lowest BCUT2D eigenvalue weighted by molar-refractivity contribution is -0.145. The average Bonchev–Trinajstić information content (AvgIpc) is 1.77. The molecule has 7 rings (SSSR count). The van der Waals surface area contributed by atoms with Crippen LogP contribution in [0.5, 0.6) is 5.75 Å². The van der Waals surface area contributed by atoms with Crippen molar-refractivity contribution in [3.63, 3.8) is 0 Å². The Morgan fingerprint density at radius 3 is 1.85 bits per heavy atom. The molecule has 534 valence electrons. The molecule has 8 amide bonds. The molecule has 0 spiro atoms. The quantitative estimate of drug-likeness (QED) is 0.0183. The molecular weight excluding hydrogens is 1320 g/mol. The summed E-state index contributed by atoms with van der Waals surface area (Å²) in [5.41, 5.74) is 10.1. The maximum absolute atomic E-state index is 15.1. The van der Waals surface area contributed by atoms with Crippen LogP contribution in [-0.2, 0) is 82.4 Å². The number of hydrogen-bond donors (Lipinski definition) is 9.